The van der Waals surface area contributed by atoms with Crippen molar-refractivity contribution in [3.63, 3.8) is 0 Å². The zero-order valence-electron chi connectivity index (χ0n) is 17.6. The summed E-state index contributed by atoms with van der Waals surface area (Å²) in [6.45, 7) is 16.0. The van der Waals surface area contributed by atoms with Crippen molar-refractivity contribution in [3.05, 3.63) is 12.2 Å². The first-order valence-corrected chi connectivity index (χ1v) is 9.20. The van der Waals surface area contributed by atoms with Gasteiger partial charge in [0.25, 0.3) is 0 Å². The fraction of sp³-hybridized carbons (Fsp3) is 0.800. The van der Waals surface area contributed by atoms with E-state index in [4.69, 9.17) is 18.9 Å². The van der Waals surface area contributed by atoms with Crippen LogP contribution >= 0.6 is 0 Å². The van der Waals surface area contributed by atoms with Gasteiger partial charge in [-0.1, -0.05) is 0 Å². The highest BCUT2D eigenvalue weighted by Gasteiger charge is 2.24. The topological polar surface area (TPSA) is 71.1 Å². The average Bonchev–Trinajstić information content (AvgIpc) is 2.42. The van der Waals surface area contributed by atoms with E-state index < -0.39 is 23.1 Å². The molecule has 0 spiro atoms. The summed E-state index contributed by atoms with van der Waals surface area (Å²) in [6, 6.07) is 0. The van der Waals surface area contributed by atoms with Crippen LogP contribution in [0.2, 0.25) is 0 Å². The molecule has 0 radical (unpaired) electrons. The summed E-state index contributed by atoms with van der Waals surface area (Å²) in [7, 11) is 0. The van der Waals surface area contributed by atoms with E-state index in [-0.39, 0.29) is 12.2 Å². The maximum atomic E-state index is 11.9. The molecule has 0 N–H and O–H groups in total. The van der Waals surface area contributed by atoms with Gasteiger partial charge in [-0.3, -0.25) is 0 Å². The summed E-state index contributed by atoms with van der Waals surface area (Å²) < 4.78 is 21.6. The number of hydrogen-bond acceptors (Lipinski definition) is 6. The van der Waals surface area contributed by atoms with Crippen LogP contribution in [0, 0.1) is 0 Å². The fourth-order valence-corrected chi connectivity index (χ4v) is 1.93. The van der Waals surface area contributed by atoms with Crippen LogP contribution in [-0.2, 0) is 28.5 Å². The van der Waals surface area contributed by atoms with E-state index in [1.807, 2.05) is 27.7 Å². The summed E-state index contributed by atoms with van der Waals surface area (Å²) in [5.41, 5.74) is -1.35. The van der Waals surface area contributed by atoms with Crippen molar-refractivity contribution >= 4 is 11.9 Å². The van der Waals surface area contributed by atoms with E-state index in [0.717, 1.165) is 12.2 Å². The summed E-state index contributed by atoms with van der Waals surface area (Å²) in [5.74, 6) is -1.17. The van der Waals surface area contributed by atoms with Gasteiger partial charge in [0.15, 0.2) is 0 Å². The lowest BCUT2D eigenvalue weighted by atomic mass is 10.1. The summed E-state index contributed by atoms with van der Waals surface area (Å²) in [4.78, 5) is 23.8. The first kappa shape index (κ1) is 24.6. The van der Waals surface area contributed by atoms with Crippen molar-refractivity contribution in [2.24, 2.45) is 0 Å². The molecule has 0 saturated heterocycles. The molecule has 0 aromatic carbocycles. The summed E-state index contributed by atoms with van der Waals surface area (Å²) in [6.07, 6.45) is 3.58. The van der Waals surface area contributed by atoms with E-state index in [2.05, 4.69) is 0 Å². The molecule has 0 aliphatic rings. The predicted molar refractivity (Wildman–Crippen MR) is 101 cm³/mol. The molecule has 0 fully saturated rings. The highest BCUT2D eigenvalue weighted by Crippen LogP contribution is 2.17. The van der Waals surface area contributed by atoms with Crippen LogP contribution in [0.4, 0.5) is 0 Å². The van der Waals surface area contributed by atoms with Gasteiger partial charge in [-0.15, -0.1) is 0 Å². The zero-order chi connectivity index (χ0) is 20.4. The maximum absolute atomic E-state index is 11.9. The minimum Gasteiger partial charge on any atom is -0.456 e. The molecule has 0 unspecified atom stereocenters. The second-order valence-corrected chi connectivity index (χ2v) is 8.03. The molecule has 0 bridgehead atoms. The minimum absolute atomic E-state index is 0.130. The lowest BCUT2D eigenvalue weighted by molar-refractivity contribution is -0.155. The Kier molecular flexibility index (Phi) is 10.7. The smallest absolute Gasteiger partial charge is 0.331 e. The highest BCUT2D eigenvalue weighted by atomic mass is 16.6. The quantitative estimate of drug-likeness (QED) is 0.383. The van der Waals surface area contributed by atoms with Crippen LogP contribution in [0.1, 0.15) is 68.2 Å². The molecular weight excluding hydrogens is 336 g/mol. The lowest BCUT2D eigenvalue weighted by Gasteiger charge is -2.25. The Morgan fingerprint density at radius 3 is 1.31 bits per heavy atom. The van der Waals surface area contributed by atoms with Gasteiger partial charge in [-0.05, 0) is 55.4 Å². The van der Waals surface area contributed by atoms with Crippen molar-refractivity contribution in [2.75, 3.05) is 13.2 Å². The van der Waals surface area contributed by atoms with Crippen molar-refractivity contribution in [2.45, 2.75) is 91.6 Å². The Hall–Kier alpha value is -1.40. The average molecular weight is 373 g/mol. The number of ether oxygens (including phenoxy) is 4. The molecular formula is C20H36O6. The van der Waals surface area contributed by atoms with E-state index in [1.165, 1.54) is 0 Å². The van der Waals surface area contributed by atoms with Gasteiger partial charge in [0.1, 0.15) is 11.2 Å². The van der Waals surface area contributed by atoms with Gasteiger partial charge >= 0.3 is 11.9 Å². The second-order valence-electron chi connectivity index (χ2n) is 8.03. The SMILES string of the molecule is CC(C)OCCC(C)(C)OC(=O)/C=C/C(=O)OC(C)(C)CCOC(C)C. The Bertz CT molecular complexity index is 421. The predicted octanol–water partition coefficient (Wildman–Crippen LogP) is 3.82. The first-order valence-electron chi connectivity index (χ1n) is 9.20. The number of carbonyl (C=O) groups is 2. The Balaban J connectivity index is 4.34. The normalized spacial score (nSPS) is 12.8. The standard InChI is InChI=1S/C20H36O6/c1-15(2)23-13-11-19(5,6)25-17(21)9-10-18(22)26-20(7,8)12-14-24-16(3)4/h9-10,15-16H,11-14H2,1-8H3/b10-9+. The van der Waals surface area contributed by atoms with Crippen LogP contribution in [0.25, 0.3) is 0 Å². The molecule has 152 valence electrons. The molecule has 0 rings (SSSR count). The molecule has 26 heavy (non-hydrogen) atoms. The van der Waals surface area contributed by atoms with Crippen molar-refractivity contribution in [1.82, 2.24) is 0 Å². The van der Waals surface area contributed by atoms with E-state index in [0.29, 0.717) is 26.1 Å². The molecule has 0 amide bonds. The number of esters is 2. The second kappa shape index (κ2) is 11.3. The monoisotopic (exact) mass is 372 g/mol. The largest absolute Gasteiger partial charge is 0.456 e. The third kappa shape index (κ3) is 13.8. The third-order valence-corrected chi connectivity index (χ3v) is 3.42. The zero-order valence-corrected chi connectivity index (χ0v) is 17.6. The van der Waals surface area contributed by atoms with Crippen LogP contribution in [-0.4, -0.2) is 48.6 Å². The van der Waals surface area contributed by atoms with Gasteiger partial charge in [0.2, 0.25) is 0 Å². The van der Waals surface area contributed by atoms with E-state index >= 15 is 0 Å². The van der Waals surface area contributed by atoms with Gasteiger partial charge in [-0.2, -0.15) is 0 Å². The molecule has 0 aliphatic heterocycles. The summed E-state index contributed by atoms with van der Waals surface area (Å²) in [5, 5.41) is 0. The first-order chi connectivity index (χ1) is 11.8. The third-order valence-electron chi connectivity index (χ3n) is 3.42. The highest BCUT2D eigenvalue weighted by molar-refractivity contribution is 5.91. The minimum atomic E-state index is -0.673. The van der Waals surface area contributed by atoms with Crippen molar-refractivity contribution < 1.29 is 28.5 Å². The van der Waals surface area contributed by atoms with E-state index in [9.17, 15) is 9.59 Å². The maximum Gasteiger partial charge on any atom is 0.331 e. The van der Waals surface area contributed by atoms with Gasteiger partial charge in [-0.25, -0.2) is 9.59 Å². The van der Waals surface area contributed by atoms with Crippen LogP contribution < -0.4 is 0 Å². The molecule has 6 heteroatoms. The number of rotatable bonds is 12. The molecule has 0 aliphatic carbocycles. The lowest BCUT2D eigenvalue weighted by Crippen LogP contribution is -2.30. The molecule has 6 nitrogen and oxygen atoms in total. The van der Waals surface area contributed by atoms with Crippen molar-refractivity contribution in [1.29, 1.82) is 0 Å². The van der Waals surface area contributed by atoms with Crippen LogP contribution in [0.15, 0.2) is 12.2 Å². The molecule has 0 atom stereocenters. The van der Waals surface area contributed by atoms with E-state index in [1.54, 1.807) is 27.7 Å². The Morgan fingerprint density at radius 2 is 1.04 bits per heavy atom. The molecule has 0 heterocycles. The Labute approximate surface area is 158 Å². The van der Waals surface area contributed by atoms with Gasteiger partial charge in [0, 0.05) is 25.0 Å². The van der Waals surface area contributed by atoms with Gasteiger partial charge in [0.05, 0.1) is 25.4 Å². The number of hydrogen-bond donors (Lipinski definition) is 0. The fourth-order valence-electron chi connectivity index (χ4n) is 1.93. The molecule has 0 saturated carbocycles. The molecule has 0 aromatic rings. The van der Waals surface area contributed by atoms with Crippen LogP contribution in [0.3, 0.4) is 0 Å². The summed E-state index contributed by atoms with van der Waals surface area (Å²) >= 11 is 0. The van der Waals surface area contributed by atoms with Gasteiger partial charge < -0.3 is 18.9 Å². The van der Waals surface area contributed by atoms with Crippen LogP contribution in [0.5, 0.6) is 0 Å². The Morgan fingerprint density at radius 1 is 0.731 bits per heavy atom. The molecule has 0 aromatic heterocycles. The van der Waals surface area contributed by atoms with Crippen molar-refractivity contribution in [3.8, 4) is 0 Å². The number of carbonyl (C=O) groups excluding carboxylic acids is 2.